The molecule has 3 aliphatic heterocycles. The molecule has 5 heterocycles. The minimum Gasteiger partial charge on any atom is -0.444 e. The molecule has 2 N–H and O–H groups in total. The predicted molar refractivity (Wildman–Crippen MR) is 160 cm³/mol. The van der Waals surface area contributed by atoms with Crippen molar-refractivity contribution in [2.45, 2.75) is 70.1 Å². The molecule has 5 rings (SSSR count). The van der Waals surface area contributed by atoms with Crippen LogP contribution in [0, 0.1) is 0 Å². The molecule has 13 heteroatoms. The van der Waals surface area contributed by atoms with Gasteiger partial charge in [-0.15, -0.1) is 0 Å². The zero-order chi connectivity index (χ0) is 29.6. The molecule has 0 radical (unpaired) electrons. The van der Waals surface area contributed by atoms with Crippen LogP contribution < -0.4 is 10.6 Å². The van der Waals surface area contributed by atoms with Crippen molar-refractivity contribution >= 4 is 29.5 Å². The number of amides is 2. The Morgan fingerprint density at radius 3 is 2.48 bits per heavy atom. The van der Waals surface area contributed by atoms with E-state index in [1.807, 2.05) is 31.3 Å². The number of fused-ring (bicyclic) bond motifs is 1. The van der Waals surface area contributed by atoms with E-state index in [2.05, 4.69) is 29.6 Å². The summed E-state index contributed by atoms with van der Waals surface area (Å²) in [7, 11) is 3.91. The molecule has 0 spiro atoms. The van der Waals surface area contributed by atoms with E-state index in [-0.39, 0.29) is 36.1 Å². The minimum absolute atomic E-state index is 0.0371. The van der Waals surface area contributed by atoms with Crippen molar-refractivity contribution in [3.8, 4) is 0 Å². The van der Waals surface area contributed by atoms with Crippen LogP contribution in [-0.4, -0.2) is 125 Å². The Bertz CT molecular complexity index is 1250. The van der Waals surface area contributed by atoms with Crippen LogP contribution in [-0.2, 0) is 14.3 Å². The van der Waals surface area contributed by atoms with Crippen molar-refractivity contribution in [3.05, 3.63) is 23.9 Å². The number of nitrogens with one attached hydrogen (secondary N) is 2. The highest BCUT2D eigenvalue weighted by atomic mass is 16.6. The Balaban J connectivity index is 1.15. The van der Waals surface area contributed by atoms with Gasteiger partial charge in [0.15, 0.2) is 5.65 Å². The van der Waals surface area contributed by atoms with E-state index in [1.54, 1.807) is 20.4 Å². The van der Waals surface area contributed by atoms with Gasteiger partial charge in [0.2, 0.25) is 17.8 Å². The van der Waals surface area contributed by atoms with Crippen molar-refractivity contribution in [2.24, 2.45) is 0 Å². The van der Waals surface area contributed by atoms with Gasteiger partial charge in [0.05, 0.1) is 12.7 Å². The fourth-order valence-corrected chi connectivity index (χ4v) is 5.58. The first-order chi connectivity index (χ1) is 20.3. The summed E-state index contributed by atoms with van der Waals surface area (Å²) in [6, 6.07) is 0.404. The summed E-state index contributed by atoms with van der Waals surface area (Å²) in [5, 5.41) is 11.7. The Kier molecular flexibility index (Phi) is 9.78. The van der Waals surface area contributed by atoms with Gasteiger partial charge in [0.25, 0.3) is 0 Å². The molecule has 2 amide bonds. The molecule has 230 valence electrons. The molecule has 42 heavy (non-hydrogen) atoms. The van der Waals surface area contributed by atoms with E-state index in [0.717, 1.165) is 50.1 Å². The van der Waals surface area contributed by atoms with Crippen LogP contribution in [0.4, 0.5) is 16.7 Å². The molecule has 0 saturated carbocycles. The summed E-state index contributed by atoms with van der Waals surface area (Å²) in [6.07, 6.45) is 8.76. The average molecular weight is 584 g/mol. The number of aromatic nitrogens is 4. The second kappa shape index (κ2) is 13.7. The largest absolute Gasteiger partial charge is 0.444 e. The fraction of sp³-hybridized carbons (Fsp3) is 0.690. The molecule has 0 aromatic carbocycles. The maximum Gasteiger partial charge on any atom is 0.410 e. The highest BCUT2D eigenvalue weighted by Gasteiger charge is 2.31. The van der Waals surface area contributed by atoms with E-state index in [9.17, 15) is 9.59 Å². The van der Waals surface area contributed by atoms with E-state index in [4.69, 9.17) is 19.4 Å². The second-order valence-electron chi connectivity index (χ2n) is 12.0. The van der Waals surface area contributed by atoms with Gasteiger partial charge in [-0.3, -0.25) is 4.79 Å². The lowest BCUT2D eigenvalue weighted by molar-refractivity contribution is -0.125. The molecule has 1 atom stereocenters. The first-order valence-electron chi connectivity index (χ1n) is 15.2. The summed E-state index contributed by atoms with van der Waals surface area (Å²) >= 11 is 0. The second-order valence-corrected chi connectivity index (χ2v) is 12.0. The van der Waals surface area contributed by atoms with Gasteiger partial charge in [-0.25, -0.2) is 4.79 Å². The molecule has 3 fully saturated rings. The van der Waals surface area contributed by atoms with Crippen LogP contribution in [0.5, 0.6) is 0 Å². The number of anilines is 2. The summed E-state index contributed by atoms with van der Waals surface area (Å²) in [4.78, 5) is 40.5. The summed E-state index contributed by atoms with van der Waals surface area (Å²) < 4.78 is 13.1. The highest BCUT2D eigenvalue weighted by Crippen LogP contribution is 2.25. The number of rotatable bonds is 9. The van der Waals surface area contributed by atoms with Crippen molar-refractivity contribution in [1.82, 2.24) is 34.3 Å². The standard InChI is InChI=1S/C29H45N9O4/c1-20(2)24-18-30-38-26(24)33-27(31-22-10-16-41-17-11-22)34-28(38)32-21-7-13-36(14-8-21)29(40)42-23-9-15-37(19-23)25(39)6-5-12-35(3)4/h5-6,18,20-23H,7-17,19H2,1-4H3,(H2,31,32,33,34)/b6-5+. The van der Waals surface area contributed by atoms with Crippen molar-refractivity contribution in [1.29, 1.82) is 0 Å². The van der Waals surface area contributed by atoms with Crippen molar-refractivity contribution in [2.75, 3.05) is 70.7 Å². The number of piperidine rings is 1. The first kappa shape index (κ1) is 30.0. The lowest BCUT2D eigenvalue weighted by atomic mass is 10.1. The predicted octanol–water partition coefficient (Wildman–Crippen LogP) is 2.57. The van der Waals surface area contributed by atoms with Crippen LogP contribution in [0.25, 0.3) is 5.65 Å². The van der Waals surface area contributed by atoms with Crippen molar-refractivity contribution in [3.63, 3.8) is 0 Å². The quantitative estimate of drug-likeness (QED) is 0.425. The van der Waals surface area contributed by atoms with Crippen LogP contribution >= 0.6 is 0 Å². The van der Waals surface area contributed by atoms with Gasteiger partial charge in [0, 0.05) is 69.5 Å². The number of carbonyl (C=O) groups excluding carboxylic acids is 2. The van der Waals surface area contributed by atoms with Crippen LogP contribution in [0.1, 0.15) is 57.4 Å². The van der Waals surface area contributed by atoms with E-state index >= 15 is 0 Å². The first-order valence-corrected chi connectivity index (χ1v) is 15.2. The van der Waals surface area contributed by atoms with Crippen LogP contribution in [0.3, 0.4) is 0 Å². The molecule has 3 saturated heterocycles. The number of carbonyl (C=O) groups is 2. The van der Waals surface area contributed by atoms with Gasteiger partial charge < -0.3 is 34.8 Å². The summed E-state index contributed by atoms with van der Waals surface area (Å²) in [6.45, 7) is 8.65. The zero-order valence-corrected chi connectivity index (χ0v) is 25.3. The normalized spacial score (nSPS) is 20.8. The number of hydrogen-bond acceptors (Lipinski definition) is 10. The van der Waals surface area contributed by atoms with Gasteiger partial charge >= 0.3 is 6.09 Å². The molecular formula is C29H45N9O4. The smallest absolute Gasteiger partial charge is 0.410 e. The topological polar surface area (TPSA) is 129 Å². The van der Waals surface area contributed by atoms with Gasteiger partial charge in [-0.05, 0) is 45.7 Å². The van der Waals surface area contributed by atoms with Crippen LogP contribution in [0.15, 0.2) is 18.3 Å². The summed E-state index contributed by atoms with van der Waals surface area (Å²) in [5.41, 5.74) is 1.88. The third-order valence-corrected chi connectivity index (χ3v) is 8.11. The SMILES string of the molecule is CC(C)c1cnn2c(NC3CCN(C(=O)OC4CCN(C(=O)/C=C/CN(C)C)C4)CC3)nc(NC3CCOCC3)nc12. The van der Waals surface area contributed by atoms with Crippen molar-refractivity contribution < 1.29 is 19.1 Å². The number of hydrogen-bond donors (Lipinski definition) is 2. The van der Waals surface area contributed by atoms with E-state index in [0.29, 0.717) is 51.0 Å². The fourth-order valence-electron chi connectivity index (χ4n) is 5.58. The lowest BCUT2D eigenvalue weighted by Gasteiger charge is -2.32. The molecule has 0 bridgehead atoms. The molecule has 13 nitrogen and oxygen atoms in total. The third-order valence-electron chi connectivity index (χ3n) is 8.11. The Hall–Kier alpha value is -3.45. The summed E-state index contributed by atoms with van der Waals surface area (Å²) in [5.74, 6) is 1.49. The van der Waals surface area contributed by atoms with Gasteiger partial charge in [0.1, 0.15) is 6.10 Å². The van der Waals surface area contributed by atoms with Gasteiger partial charge in [-0.1, -0.05) is 19.9 Å². The number of nitrogens with zero attached hydrogens (tertiary/aromatic N) is 7. The maximum absolute atomic E-state index is 12.9. The zero-order valence-electron chi connectivity index (χ0n) is 25.3. The maximum atomic E-state index is 12.9. The third kappa shape index (κ3) is 7.49. The molecule has 0 aliphatic carbocycles. The Morgan fingerprint density at radius 2 is 1.76 bits per heavy atom. The van der Waals surface area contributed by atoms with Gasteiger partial charge in [-0.2, -0.15) is 19.6 Å². The molecule has 2 aromatic heterocycles. The van der Waals surface area contributed by atoms with Crippen LogP contribution in [0.2, 0.25) is 0 Å². The molecular weight excluding hydrogens is 538 g/mol. The average Bonchev–Trinajstić information content (AvgIpc) is 3.61. The number of likely N-dealkylation sites (N-methyl/N-ethyl adjacent to an activating group) is 1. The molecule has 3 aliphatic rings. The number of ether oxygens (including phenoxy) is 2. The Morgan fingerprint density at radius 1 is 1.05 bits per heavy atom. The minimum atomic E-state index is -0.308. The lowest BCUT2D eigenvalue weighted by Crippen LogP contribution is -2.44. The highest BCUT2D eigenvalue weighted by molar-refractivity contribution is 5.87. The van der Waals surface area contributed by atoms with E-state index in [1.165, 1.54) is 0 Å². The molecule has 2 aromatic rings. The number of likely N-dealkylation sites (tertiary alicyclic amines) is 2. The van der Waals surface area contributed by atoms with E-state index < -0.39 is 0 Å². The Labute approximate surface area is 247 Å². The monoisotopic (exact) mass is 583 g/mol. The molecule has 1 unspecified atom stereocenters.